The van der Waals surface area contributed by atoms with Crippen molar-refractivity contribution in [2.75, 3.05) is 6.61 Å². The first-order chi connectivity index (χ1) is 20.9. The van der Waals surface area contributed by atoms with Gasteiger partial charge in [-0.1, -0.05) is 39.0 Å². The minimum Gasteiger partial charge on any atom is -0.458 e. The highest BCUT2D eigenvalue weighted by molar-refractivity contribution is 5.89. The lowest BCUT2D eigenvalue weighted by Crippen LogP contribution is -2.82. The Bertz CT molecular complexity index is 1420. The zero-order chi connectivity index (χ0) is 33.3. The van der Waals surface area contributed by atoms with Crippen LogP contribution in [0.2, 0.25) is 0 Å². The van der Waals surface area contributed by atoms with E-state index >= 15 is 0 Å². The van der Waals surface area contributed by atoms with Crippen LogP contribution in [-0.2, 0) is 38.1 Å². The van der Waals surface area contributed by atoms with Gasteiger partial charge in [0.2, 0.25) is 0 Å². The normalized spacial score (nSPS) is 39.9. The van der Waals surface area contributed by atoms with Crippen LogP contribution >= 0.6 is 0 Å². The maximum atomic E-state index is 13.9. The predicted molar refractivity (Wildman–Crippen MR) is 155 cm³/mol. The highest BCUT2D eigenvalue weighted by Gasteiger charge is 2.78. The summed E-state index contributed by atoms with van der Waals surface area (Å²) in [4.78, 5) is 51.5. The number of hydrogen-bond acceptors (Lipinski definition) is 12. The third-order valence-corrected chi connectivity index (χ3v) is 10.7. The Kier molecular flexibility index (Phi) is 8.21. The number of hydrogen-bond donors (Lipinski definition) is 3. The summed E-state index contributed by atoms with van der Waals surface area (Å²) in [7, 11) is 0. The van der Waals surface area contributed by atoms with E-state index in [1.807, 2.05) is 0 Å². The number of benzene rings is 1. The molecule has 8 unspecified atom stereocenters. The van der Waals surface area contributed by atoms with Crippen LogP contribution in [0.25, 0.3) is 0 Å². The molecular weight excluding hydrogens is 588 g/mol. The number of aliphatic hydroxyl groups excluding tert-OH is 2. The van der Waals surface area contributed by atoms with Crippen LogP contribution in [0.1, 0.15) is 71.7 Å². The second kappa shape index (κ2) is 11.2. The monoisotopic (exact) mass is 630 g/mol. The fourth-order valence-electron chi connectivity index (χ4n) is 8.46. The van der Waals surface area contributed by atoms with Crippen LogP contribution in [-0.4, -0.2) is 93.6 Å². The molecule has 2 saturated carbocycles. The van der Waals surface area contributed by atoms with Crippen molar-refractivity contribution in [3.8, 4) is 0 Å². The Morgan fingerprint density at radius 1 is 0.911 bits per heavy atom. The van der Waals surface area contributed by atoms with Crippen LogP contribution in [0, 0.1) is 16.7 Å². The van der Waals surface area contributed by atoms with E-state index in [9.17, 15) is 34.5 Å². The number of carbonyl (C=O) groups excluding carboxylic acids is 4. The molecule has 12 nitrogen and oxygen atoms in total. The first-order valence-corrected chi connectivity index (χ1v) is 15.1. The molecule has 0 aromatic heterocycles. The van der Waals surface area contributed by atoms with E-state index in [1.165, 1.54) is 32.9 Å². The third kappa shape index (κ3) is 4.88. The zero-order valence-electron chi connectivity index (χ0n) is 26.6. The number of ether oxygens (including phenoxy) is 5. The summed E-state index contributed by atoms with van der Waals surface area (Å²) in [5, 5.41) is 37.4. The van der Waals surface area contributed by atoms with Gasteiger partial charge in [0, 0.05) is 44.4 Å². The molecule has 1 aliphatic heterocycles. The van der Waals surface area contributed by atoms with Gasteiger partial charge in [-0.05, 0) is 30.2 Å². The van der Waals surface area contributed by atoms with Crippen molar-refractivity contribution in [3.63, 3.8) is 0 Å². The largest absolute Gasteiger partial charge is 0.458 e. The molecule has 1 aromatic rings. The van der Waals surface area contributed by atoms with Crippen LogP contribution in [0.15, 0.2) is 41.5 Å². The van der Waals surface area contributed by atoms with Crippen LogP contribution in [0.4, 0.5) is 0 Å². The van der Waals surface area contributed by atoms with Gasteiger partial charge in [0.05, 0.1) is 24.2 Å². The van der Waals surface area contributed by atoms with E-state index in [2.05, 4.69) is 0 Å². The fraction of sp³-hybridized carbons (Fsp3) is 0.636. The molecule has 3 N–H and O–H groups in total. The van der Waals surface area contributed by atoms with Crippen LogP contribution in [0.5, 0.6) is 0 Å². The molecule has 2 bridgehead atoms. The molecule has 0 spiro atoms. The predicted octanol–water partition coefficient (Wildman–Crippen LogP) is 2.02. The molecule has 1 saturated heterocycles. The van der Waals surface area contributed by atoms with Gasteiger partial charge in [0.15, 0.2) is 11.7 Å². The Morgan fingerprint density at radius 2 is 1.53 bits per heavy atom. The lowest BCUT2D eigenvalue weighted by Gasteiger charge is -2.69. The summed E-state index contributed by atoms with van der Waals surface area (Å²) >= 11 is 0. The molecule has 0 radical (unpaired) electrons. The maximum absolute atomic E-state index is 13.9. The SMILES string of the molecule is CC(=O)OC1CC2(O)C(OC(=O)c3ccccc3)C3[C@]4(OC(C)=O)COC4CC(O)[C@@]3(C)C(O)C(OC(C)=O)C(=C1C)C2(C)C. The summed E-state index contributed by atoms with van der Waals surface area (Å²) in [6.07, 6.45) is -8.36. The molecule has 1 heterocycles. The summed E-state index contributed by atoms with van der Waals surface area (Å²) in [5.74, 6) is -4.20. The van der Waals surface area contributed by atoms with E-state index in [-0.39, 0.29) is 30.6 Å². The number of esters is 4. The average molecular weight is 631 g/mol. The maximum Gasteiger partial charge on any atom is 0.338 e. The summed E-state index contributed by atoms with van der Waals surface area (Å²) in [6, 6.07) is 8.09. The minimum atomic E-state index is -2.11. The van der Waals surface area contributed by atoms with Gasteiger partial charge < -0.3 is 39.0 Å². The minimum absolute atomic E-state index is 0.0700. The smallest absolute Gasteiger partial charge is 0.338 e. The molecule has 4 aliphatic rings. The van der Waals surface area contributed by atoms with Gasteiger partial charge in [-0.2, -0.15) is 0 Å². The number of aliphatic hydroxyl groups is 3. The summed E-state index contributed by atoms with van der Waals surface area (Å²) in [5.41, 5.74) is -5.96. The van der Waals surface area contributed by atoms with Crippen molar-refractivity contribution in [1.82, 2.24) is 0 Å². The molecule has 1 aromatic carbocycles. The Labute approximate surface area is 261 Å². The van der Waals surface area contributed by atoms with E-state index in [0.717, 1.165) is 0 Å². The highest BCUT2D eigenvalue weighted by atomic mass is 16.6. The van der Waals surface area contributed by atoms with Crippen molar-refractivity contribution in [2.24, 2.45) is 16.7 Å². The first kappa shape index (κ1) is 33.1. The van der Waals surface area contributed by atoms with E-state index in [0.29, 0.717) is 5.57 Å². The quantitative estimate of drug-likeness (QED) is 0.246. The number of fused-ring (bicyclic) bond motifs is 5. The highest BCUT2D eigenvalue weighted by Crippen LogP contribution is 2.65. The average Bonchev–Trinajstić information content (AvgIpc) is 2.94. The van der Waals surface area contributed by atoms with Crippen molar-refractivity contribution in [3.05, 3.63) is 47.0 Å². The Morgan fingerprint density at radius 3 is 2.07 bits per heavy atom. The molecular formula is C33H42O12. The summed E-state index contributed by atoms with van der Waals surface area (Å²) < 4.78 is 29.6. The molecule has 10 atom stereocenters. The van der Waals surface area contributed by atoms with Crippen molar-refractivity contribution in [2.45, 2.75) is 109 Å². The van der Waals surface area contributed by atoms with E-state index in [4.69, 9.17) is 23.7 Å². The van der Waals surface area contributed by atoms with Crippen LogP contribution < -0.4 is 0 Å². The molecule has 45 heavy (non-hydrogen) atoms. The molecule has 12 heteroatoms. The van der Waals surface area contributed by atoms with Gasteiger partial charge in [0.25, 0.3) is 0 Å². The van der Waals surface area contributed by atoms with Crippen molar-refractivity contribution >= 4 is 23.9 Å². The molecule has 246 valence electrons. The lowest BCUT2D eigenvalue weighted by atomic mass is 9.44. The molecule has 5 rings (SSSR count). The fourth-order valence-corrected chi connectivity index (χ4v) is 8.46. The first-order valence-electron chi connectivity index (χ1n) is 15.1. The number of rotatable bonds is 5. The summed E-state index contributed by atoms with van der Waals surface area (Å²) in [6.45, 7) is 9.94. The Hall–Kier alpha value is -3.32. The second-order valence-electron chi connectivity index (χ2n) is 13.6. The van der Waals surface area contributed by atoms with Gasteiger partial charge in [-0.25, -0.2) is 4.79 Å². The third-order valence-electron chi connectivity index (χ3n) is 10.7. The van der Waals surface area contributed by atoms with E-state index < -0.39 is 88.5 Å². The van der Waals surface area contributed by atoms with Gasteiger partial charge in [-0.15, -0.1) is 0 Å². The van der Waals surface area contributed by atoms with Gasteiger partial charge in [-0.3, -0.25) is 14.4 Å². The van der Waals surface area contributed by atoms with Crippen LogP contribution in [0.3, 0.4) is 0 Å². The zero-order valence-corrected chi connectivity index (χ0v) is 26.6. The topological polar surface area (TPSA) is 175 Å². The molecule has 3 fully saturated rings. The molecule has 3 aliphatic carbocycles. The van der Waals surface area contributed by atoms with Gasteiger partial charge >= 0.3 is 23.9 Å². The standard InChI is InChI=1S/C33H42O12/c1-16-21(42-17(2)34)14-33(40)28(44-29(39)20-11-9-8-10-12-20)26-31(7,22(37)13-23-32(26,15-41-23)45-19(4)36)27(38)25(43-18(3)35)24(16)30(33,5)6/h8-12,21-23,25-28,37-38,40H,13-15H2,1-7H3/t21?,22?,23?,25?,26?,27?,28?,31-,32+,33?/m1/s1. The van der Waals surface area contributed by atoms with Crippen molar-refractivity contribution in [1.29, 1.82) is 0 Å². The lowest BCUT2D eigenvalue weighted by molar-refractivity contribution is -0.365. The van der Waals surface area contributed by atoms with Gasteiger partial charge in [0.1, 0.15) is 30.0 Å². The Balaban J connectivity index is 1.86. The van der Waals surface area contributed by atoms with E-state index in [1.54, 1.807) is 45.9 Å². The van der Waals surface area contributed by atoms with Crippen molar-refractivity contribution < 1.29 is 58.2 Å². The second-order valence-corrected chi connectivity index (χ2v) is 13.6. The number of carbonyl (C=O) groups is 4. The molecule has 0 amide bonds.